The van der Waals surface area contributed by atoms with Gasteiger partial charge >= 0.3 is 0 Å². The van der Waals surface area contributed by atoms with Gasteiger partial charge in [-0.05, 0) is 30.7 Å². The van der Waals surface area contributed by atoms with Crippen molar-refractivity contribution in [1.82, 2.24) is 4.90 Å². The van der Waals surface area contributed by atoms with Crippen LogP contribution in [0, 0.1) is 5.92 Å². The lowest BCUT2D eigenvalue weighted by Crippen LogP contribution is -2.23. The fourth-order valence-electron chi connectivity index (χ4n) is 1.22. The molecule has 0 unspecified atom stereocenters. The molecule has 1 nitrogen and oxygen atoms in total. The van der Waals surface area contributed by atoms with Crippen LogP contribution in [0.5, 0.6) is 0 Å². The zero-order valence-corrected chi connectivity index (χ0v) is 7.67. The quantitative estimate of drug-likeness (QED) is 0.586. The van der Waals surface area contributed by atoms with E-state index in [0.717, 1.165) is 13.1 Å². The maximum absolute atomic E-state index is 2.33. The van der Waals surface area contributed by atoms with E-state index in [1.807, 2.05) is 0 Å². The molecular weight excluding hydrogens is 134 g/mol. The third-order valence-electron chi connectivity index (χ3n) is 2.14. The molecule has 0 aromatic rings. The van der Waals surface area contributed by atoms with E-state index in [4.69, 9.17) is 0 Å². The molecule has 0 N–H and O–H groups in total. The molecule has 0 bridgehead atoms. The lowest BCUT2D eigenvalue weighted by atomic mass is 10.0. The minimum atomic E-state index is 0.689. The fourth-order valence-corrected chi connectivity index (χ4v) is 1.22. The molecule has 0 spiro atoms. The van der Waals surface area contributed by atoms with E-state index in [2.05, 4.69) is 44.0 Å². The van der Waals surface area contributed by atoms with E-state index < -0.39 is 0 Å². The average molecular weight is 151 g/mol. The first-order chi connectivity index (χ1) is 5.24. The Labute approximate surface area is 69.4 Å². The van der Waals surface area contributed by atoms with Crippen molar-refractivity contribution in [2.75, 3.05) is 13.1 Å². The highest BCUT2D eigenvalue weighted by Gasteiger charge is 2.07. The lowest BCUT2D eigenvalue weighted by Gasteiger charge is -2.24. The predicted octanol–water partition coefficient (Wildman–Crippen LogP) is 2.42. The van der Waals surface area contributed by atoms with Crippen LogP contribution in [0.4, 0.5) is 0 Å². The van der Waals surface area contributed by atoms with E-state index in [-0.39, 0.29) is 0 Å². The second kappa shape index (κ2) is 3.61. The van der Waals surface area contributed by atoms with Gasteiger partial charge in [0, 0.05) is 13.1 Å². The molecule has 1 aliphatic heterocycles. The molecule has 0 fully saturated rings. The van der Waals surface area contributed by atoms with Gasteiger partial charge in [-0.3, -0.25) is 0 Å². The van der Waals surface area contributed by atoms with E-state index in [9.17, 15) is 0 Å². The standard InChI is InChI=1S/C10H17N/c1-4-11-7-5-6-10(8-11)9(2)3/h5-7,9H,4,8H2,1-3H3. The van der Waals surface area contributed by atoms with Gasteiger partial charge in [-0.1, -0.05) is 19.9 Å². The number of likely N-dealkylation sites (N-methyl/N-ethyl adjacent to an activating group) is 1. The number of nitrogens with zero attached hydrogens (tertiary/aromatic N) is 1. The SMILES string of the molecule is CCN1C=CC=C(C(C)C)C1. The molecule has 1 heteroatoms. The first-order valence-electron chi connectivity index (χ1n) is 4.35. The Morgan fingerprint density at radius 1 is 1.55 bits per heavy atom. The van der Waals surface area contributed by atoms with E-state index in [1.165, 1.54) is 5.57 Å². The van der Waals surface area contributed by atoms with Crippen LogP contribution in [-0.4, -0.2) is 18.0 Å². The molecule has 0 aromatic heterocycles. The van der Waals surface area contributed by atoms with Crippen molar-refractivity contribution < 1.29 is 0 Å². The lowest BCUT2D eigenvalue weighted by molar-refractivity contribution is 0.409. The van der Waals surface area contributed by atoms with Gasteiger partial charge in [-0.25, -0.2) is 0 Å². The summed E-state index contributed by atoms with van der Waals surface area (Å²) in [6.07, 6.45) is 6.53. The second-order valence-corrected chi connectivity index (χ2v) is 3.30. The van der Waals surface area contributed by atoms with Crippen molar-refractivity contribution in [3.8, 4) is 0 Å². The van der Waals surface area contributed by atoms with Crippen LogP contribution in [0.1, 0.15) is 20.8 Å². The Hall–Kier alpha value is -0.720. The molecule has 0 aromatic carbocycles. The zero-order valence-electron chi connectivity index (χ0n) is 7.67. The van der Waals surface area contributed by atoms with Crippen LogP contribution < -0.4 is 0 Å². The minimum Gasteiger partial charge on any atom is -0.374 e. The first kappa shape index (κ1) is 8.38. The summed E-state index contributed by atoms with van der Waals surface area (Å²) < 4.78 is 0. The van der Waals surface area contributed by atoms with Crippen LogP contribution in [0.15, 0.2) is 23.9 Å². The summed E-state index contributed by atoms with van der Waals surface area (Å²) in [5.41, 5.74) is 1.54. The van der Waals surface area contributed by atoms with Crippen LogP contribution in [0.2, 0.25) is 0 Å². The Kier molecular flexibility index (Phi) is 2.75. The smallest absolute Gasteiger partial charge is 0.0388 e. The molecule has 1 heterocycles. The molecule has 1 rings (SSSR count). The number of hydrogen-bond donors (Lipinski definition) is 0. The van der Waals surface area contributed by atoms with E-state index in [1.54, 1.807) is 0 Å². The Morgan fingerprint density at radius 3 is 2.82 bits per heavy atom. The van der Waals surface area contributed by atoms with E-state index in [0.29, 0.717) is 5.92 Å². The molecular formula is C10H17N. The maximum atomic E-state index is 2.33. The van der Waals surface area contributed by atoms with Crippen molar-refractivity contribution in [1.29, 1.82) is 0 Å². The molecule has 0 saturated carbocycles. The summed E-state index contributed by atoms with van der Waals surface area (Å²) >= 11 is 0. The van der Waals surface area contributed by atoms with Gasteiger partial charge in [0.2, 0.25) is 0 Å². The van der Waals surface area contributed by atoms with Gasteiger partial charge in [0.1, 0.15) is 0 Å². The van der Waals surface area contributed by atoms with Gasteiger partial charge in [-0.2, -0.15) is 0 Å². The number of rotatable bonds is 2. The monoisotopic (exact) mass is 151 g/mol. The highest BCUT2D eigenvalue weighted by Crippen LogP contribution is 2.14. The van der Waals surface area contributed by atoms with Gasteiger partial charge in [0.25, 0.3) is 0 Å². The van der Waals surface area contributed by atoms with Crippen LogP contribution >= 0.6 is 0 Å². The van der Waals surface area contributed by atoms with Crippen molar-refractivity contribution in [3.63, 3.8) is 0 Å². The summed E-state index contributed by atoms with van der Waals surface area (Å²) in [7, 11) is 0. The Morgan fingerprint density at radius 2 is 2.27 bits per heavy atom. The van der Waals surface area contributed by atoms with Gasteiger partial charge in [0.15, 0.2) is 0 Å². The maximum Gasteiger partial charge on any atom is 0.0388 e. The van der Waals surface area contributed by atoms with Crippen LogP contribution in [0.3, 0.4) is 0 Å². The molecule has 0 atom stereocenters. The van der Waals surface area contributed by atoms with Crippen LogP contribution in [-0.2, 0) is 0 Å². The van der Waals surface area contributed by atoms with Crippen molar-refractivity contribution in [2.24, 2.45) is 5.92 Å². The molecule has 0 saturated heterocycles. The first-order valence-corrected chi connectivity index (χ1v) is 4.35. The Bertz CT molecular complexity index is 177. The summed E-state index contributed by atoms with van der Waals surface area (Å²) in [5, 5.41) is 0. The molecule has 1 aliphatic rings. The summed E-state index contributed by atoms with van der Waals surface area (Å²) in [5.74, 6) is 0.689. The third kappa shape index (κ3) is 2.11. The highest BCUT2D eigenvalue weighted by molar-refractivity contribution is 5.20. The Balaban J connectivity index is 2.57. The predicted molar refractivity (Wildman–Crippen MR) is 49.3 cm³/mol. The van der Waals surface area contributed by atoms with Crippen LogP contribution in [0.25, 0.3) is 0 Å². The fraction of sp³-hybridized carbons (Fsp3) is 0.600. The molecule has 0 aliphatic carbocycles. The largest absolute Gasteiger partial charge is 0.374 e. The average Bonchev–Trinajstić information content (AvgIpc) is 2.05. The highest BCUT2D eigenvalue weighted by atomic mass is 15.1. The topological polar surface area (TPSA) is 3.24 Å². The van der Waals surface area contributed by atoms with Crippen molar-refractivity contribution in [3.05, 3.63) is 23.9 Å². The normalized spacial score (nSPS) is 17.5. The third-order valence-corrected chi connectivity index (χ3v) is 2.14. The van der Waals surface area contributed by atoms with E-state index >= 15 is 0 Å². The minimum absolute atomic E-state index is 0.689. The van der Waals surface area contributed by atoms with Crippen molar-refractivity contribution >= 4 is 0 Å². The number of allylic oxidation sites excluding steroid dienone is 2. The summed E-state index contributed by atoms with van der Waals surface area (Å²) in [4.78, 5) is 2.33. The van der Waals surface area contributed by atoms with Gasteiger partial charge < -0.3 is 4.90 Å². The number of hydrogen-bond acceptors (Lipinski definition) is 1. The zero-order chi connectivity index (χ0) is 8.27. The van der Waals surface area contributed by atoms with Crippen molar-refractivity contribution in [2.45, 2.75) is 20.8 Å². The molecule has 0 radical (unpaired) electrons. The van der Waals surface area contributed by atoms with Gasteiger partial charge in [-0.15, -0.1) is 0 Å². The summed E-state index contributed by atoms with van der Waals surface area (Å²) in [6.45, 7) is 8.91. The summed E-state index contributed by atoms with van der Waals surface area (Å²) in [6, 6.07) is 0. The molecule has 0 amide bonds. The van der Waals surface area contributed by atoms with Gasteiger partial charge in [0.05, 0.1) is 0 Å². The molecule has 11 heavy (non-hydrogen) atoms. The second-order valence-electron chi connectivity index (χ2n) is 3.30. The molecule has 62 valence electrons.